The second kappa shape index (κ2) is 9.82. The first-order chi connectivity index (χ1) is 15.5. The molecule has 1 N–H and O–H groups in total. The van der Waals surface area contributed by atoms with E-state index in [1.54, 1.807) is 12.1 Å². The predicted octanol–water partition coefficient (Wildman–Crippen LogP) is 3.41. The van der Waals surface area contributed by atoms with E-state index in [-0.39, 0.29) is 44.4 Å². The van der Waals surface area contributed by atoms with Crippen molar-refractivity contribution in [2.75, 3.05) is 31.3 Å². The van der Waals surface area contributed by atoms with Crippen LogP contribution in [0.25, 0.3) is 0 Å². The van der Waals surface area contributed by atoms with Crippen molar-refractivity contribution in [2.45, 2.75) is 37.0 Å². The van der Waals surface area contributed by atoms with Crippen molar-refractivity contribution < 1.29 is 26.4 Å². The van der Waals surface area contributed by atoms with Crippen LogP contribution in [0, 0.1) is 11.8 Å². The molecule has 1 aliphatic rings. The first-order valence-corrected chi connectivity index (χ1v) is 13.9. The number of amides is 1. The minimum atomic E-state index is -3.90. The number of sulfonamides is 1. The molecular formula is C23H30N2O6S2. The van der Waals surface area contributed by atoms with E-state index < -0.39 is 25.8 Å². The predicted molar refractivity (Wildman–Crippen MR) is 127 cm³/mol. The molecule has 0 aliphatic carbocycles. The third-order valence-electron chi connectivity index (χ3n) is 5.73. The van der Waals surface area contributed by atoms with E-state index in [4.69, 9.17) is 4.74 Å². The monoisotopic (exact) mass is 494 g/mol. The van der Waals surface area contributed by atoms with E-state index in [0.717, 1.165) is 6.42 Å². The maximum atomic E-state index is 13.5. The normalized spacial score (nSPS) is 19.8. The summed E-state index contributed by atoms with van der Waals surface area (Å²) in [5.41, 5.74) is 0.222. The molecule has 2 unspecified atom stereocenters. The van der Waals surface area contributed by atoms with Crippen molar-refractivity contribution in [1.82, 2.24) is 4.31 Å². The summed E-state index contributed by atoms with van der Waals surface area (Å²) in [4.78, 5) is 12.9. The van der Waals surface area contributed by atoms with Gasteiger partial charge in [0.1, 0.15) is 10.6 Å². The highest BCUT2D eigenvalue weighted by Crippen LogP contribution is 2.32. The lowest BCUT2D eigenvalue weighted by atomic mass is 9.94. The molecule has 33 heavy (non-hydrogen) atoms. The fourth-order valence-corrected chi connectivity index (χ4v) is 7.06. The summed E-state index contributed by atoms with van der Waals surface area (Å²) >= 11 is 0. The van der Waals surface area contributed by atoms with Gasteiger partial charge in [0.15, 0.2) is 9.84 Å². The van der Waals surface area contributed by atoms with Gasteiger partial charge in [-0.05, 0) is 48.6 Å². The number of nitrogens with zero attached hydrogens (tertiary/aromatic N) is 1. The van der Waals surface area contributed by atoms with Crippen LogP contribution >= 0.6 is 0 Å². The van der Waals surface area contributed by atoms with Crippen LogP contribution in [-0.4, -0.2) is 53.0 Å². The van der Waals surface area contributed by atoms with E-state index in [1.807, 2.05) is 13.8 Å². The molecule has 0 bridgehead atoms. The van der Waals surface area contributed by atoms with Crippen LogP contribution in [0.5, 0.6) is 5.75 Å². The molecule has 1 saturated heterocycles. The van der Waals surface area contributed by atoms with Crippen molar-refractivity contribution in [2.24, 2.45) is 11.8 Å². The SMILES string of the molecule is CCS(=O)(=O)c1ccccc1NC(=O)c1ccc(OC)c(S(=O)(=O)N2CC(C)CC(C)C2)c1. The third-order valence-corrected chi connectivity index (χ3v) is 9.37. The maximum Gasteiger partial charge on any atom is 0.255 e. The van der Waals surface area contributed by atoms with Crippen molar-refractivity contribution in [3.8, 4) is 5.75 Å². The van der Waals surface area contributed by atoms with E-state index in [2.05, 4.69) is 5.32 Å². The van der Waals surface area contributed by atoms with Gasteiger partial charge in [0, 0.05) is 18.7 Å². The van der Waals surface area contributed by atoms with Crippen LogP contribution < -0.4 is 10.1 Å². The van der Waals surface area contributed by atoms with Gasteiger partial charge >= 0.3 is 0 Å². The molecular weight excluding hydrogens is 464 g/mol. The quantitative estimate of drug-likeness (QED) is 0.632. The summed E-state index contributed by atoms with van der Waals surface area (Å²) in [5.74, 6) is -0.145. The molecule has 0 saturated carbocycles. The molecule has 1 aliphatic heterocycles. The molecule has 8 nitrogen and oxygen atoms in total. The molecule has 1 amide bonds. The number of sulfone groups is 1. The van der Waals surface area contributed by atoms with Crippen molar-refractivity contribution >= 4 is 31.5 Å². The minimum absolute atomic E-state index is 0.0125. The van der Waals surface area contributed by atoms with Crippen molar-refractivity contribution in [1.29, 1.82) is 0 Å². The van der Waals surface area contributed by atoms with Crippen LogP contribution in [0.3, 0.4) is 0 Å². The van der Waals surface area contributed by atoms with Crippen molar-refractivity contribution in [3.63, 3.8) is 0 Å². The number of hydrogen-bond donors (Lipinski definition) is 1. The van der Waals surface area contributed by atoms with Crippen LogP contribution in [0.2, 0.25) is 0 Å². The zero-order valence-corrected chi connectivity index (χ0v) is 20.9. The molecule has 10 heteroatoms. The maximum absolute atomic E-state index is 13.5. The average molecular weight is 495 g/mol. The first-order valence-electron chi connectivity index (χ1n) is 10.8. The highest BCUT2D eigenvalue weighted by atomic mass is 32.2. The number of ether oxygens (including phenoxy) is 1. The summed E-state index contributed by atoms with van der Waals surface area (Å²) in [6.07, 6.45) is 0.950. The lowest BCUT2D eigenvalue weighted by molar-refractivity contribution is 0.102. The lowest BCUT2D eigenvalue weighted by Gasteiger charge is -2.34. The van der Waals surface area contributed by atoms with Crippen LogP contribution in [0.15, 0.2) is 52.3 Å². The molecule has 3 rings (SSSR count). The number of nitrogens with one attached hydrogen (secondary N) is 1. The summed E-state index contributed by atoms with van der Waals surface area (Å²) in [6, 6.07) is 10.3. The standard InChI is InChI=1S/C23H30N2O6S2/c1-5-32(27,28)21-9-7-6-8-19(21)24-23(26)18-10-11-20(31-4)22(13-18)33(29,30)25-14-16(2)12-17(3)15-25/h6-11,13,16-17H,5,12,14-15H2,1-4H3,(H,24,26). The fraction of sp³-hybridized carbons (Fsp3) is 0.435. The Balaban J connectivity index is 1.97. The number of anilines is 1. The molecule has 180 valence electrons. The smallest absolute Gasteiger partial charge is 0.255 e. The van der Waals surface area contributed by atoms with E-state index >= 15 is 0 Å². The lowest BCUT2D eigenvalue weighted by Crippen LogP contribution is -2.42. The zero-order valence-electron chi connectivity index (χ0n) is 19.2. The molecule has 1 fully saturated rings. The second-order valence-electron chi connectivity index (χ2n) is 8.49. The molecule has 2 aromatic rings. The number of carbonyl (C=O) groups excluding carboxylic acids is 1. The Morgan fingerprint density at radius 2 is 1.67 bits per heavy atom. The Hall–Kier alpha value is -2.43. The first kappa shape index (κ1) is 25.2. The minimum Gasteiger partial charge on any atom is -0.495 e. The molecule has 1 heterocycles. The molecule has 0 radical (unpaired) electrons. The van der Waals surface area contributed by atoms with Crippen LogP contribution in [-0.2, 0) is 19.9 Å². The number of methoxy groups -OCH3 is 1. The molecule has 2 aromatic carbocycles. The van der Waals surface area contributed by atoms with Gasteiger partial charge in [0.2, 0.25) is 10.0 Å². The van der Waals surface area contributed by atoms with Gasteiger partial charge in [0.05, 0.1) is 23.4 Å². The number of piperidine rings is 1. The molecule has 2 atom stereocenters. The number of hydrogen-bond acceptors (Lipinski definition) is 6. The molecule has 0 aromatic heterocycles. The Morgan fingerprint density at radius 3 is 2.27 bits per heavy atom. The number of carbonyl (C=O) groups is 1. The van der Waals surface area contributed by atoms with Gasteiger partial charge in [0.25, 0.3) is 5.91 Å². The Kier molecular flexibility index (Phi) is 7.50. The highest BCUT2D eigenvalue weighted by Gasteiger charge is 2.34. The Bertz CT molecular complexity index is 1230. The summed E-state index contributed by atoms with van der Waals surface area (Å²) in [7, 11) is -6.09. The van der Waals surface area contributed by atoms with Crippen molar-refractivity contribution in [3.05, 3.63) is 48.0 Å². The van der Waals surface area contributed by atoms with Gasteiger partial charge in [-0.2, -0.15) is 4.31 Å². The van der Waals surface area contributed by atoms with Gasteiger partial charge in [-0.25, -0.2) is 16.8 Å². The third kappa shape index (κ3) is 5.39. The van der Waals surface area contributed by atoms with Gasteiger partial charge in [-0.3, -0.25) is 4.79 Å². The number of benzene rings is 2. The van der Waals surface area contributed by atoms with E-state index in [9.17, 15) is 21.6 Å². The highest BCUT2D eigenvalue weighted by molar-refractivity contribution is 7.91. The largest absolute Gasteiger partial charge is 0.495 e. The topological polar surface area (TPSA) is 110 Å². The molecule has 0 spiro atoms. The van der Waals surface area contributed by atoms with Crippen LogP contribution in [0.1, 0.15) is 37.6 Å². The van der Waals surface area contributed by atoms with E-state index in [0.29, 0.717) is 13.1 Å². The van der Waals surface area contributed by atoms with Gasteiger partial charge < -0.3 is 10.1 Å². The number of rotatable bonds is 7. The Labute approximate surface area is 195 Å². The van der Waals surface area contributed by atoms with Crippen LogP contribution in [0.4, 0.5) is 5.69 Å². The second-order valence-corrected chi connectivity index (χ2v) is 12.6. The zero-order chi connectivity index (χ0) is 24.4. The summed E-state index contributed by atoms with van der Waals surface area (Å²) < 4.78 is 58.4. The van der Waals surface area contributed by atoms with Gasteiger partial charge in [-0.1, -0.05) is 32.9 Å². The average Bonchev–Trinajstić information content (AvgIpc) is 2.78. The number of para-hydroxylation sites is 1. The summed E-state index contributed by atoms with van der Waals surface area (Å²) in [5, 5.41) is 2.61. The van der Waals surface area contributed by atoms with E-state index in [1.165, 1.54) is 48.7 Å². The summed E-state index contributed by atoms with van der Waals surface area (Å²) in [6.45, 7) is 6.35. The Morgan fingerprint density at radius 1 is 1.03 bits per heavy atom. The van der Waals surface area contributed by atoms with Gasteiger partial charge in [-0.15, -0.1) is 0 Å². The fourth-order valence-electron chi connectivity index (χ4n) is 4.15.